The van der Waals surface area contributed by atoms with Gasteiger partial charge in [-0.3, -0.25) is 10.1 Å². The number of sulfonamides is 1. The number of aryl methyl sites for hydroxylation is 1. The molecule has 1 aromatic heterocycles. The lowest BCUT2D eigenvalue weighted by Gasteiger charge is -2.20. The van der Waals surface area contributed by atoms with Crippen molar-refractivity contribution in [2.75, 3.05) is 5.32 Å². The van der Waals surface area contributed by atoms with Gasteiger partial charge in [-0.1, -0.05) is 74.6 Å². The Kier molecular flexibility index (Phi) is 6.59. The van der Waals surface area contributed by atoms with E-state index in [-0.39, 0.29) is 20.8 Å². The first-order valence-corrected chi connectivity index (χ1v) is 12.1. The lowest BCUT2D eigenvalue weighted by atomic mass is 9.86. The monoisotopic (exact) mass is 458 g/mol. The fraction of sp³-hybridized carbons (Fsp3) is 0.318. The molecule has 2 aromatic carbocycles. The smallest absolute Gasteiger partial charge is 0.270 e. The molecule has 1 amide bonds. The van der Waals surface area contributed by atoms with Crippen molar-refractivity contribution in [3.63, 3.8) is 0 Å². The van der Waals surface area contributed by atoms with Gasteiger partial charge in [0.1, 0.15) is 0 Å². The first-order valence-electron chi connectivity index (χ1n) is 9.80. The molecule has 0 bridgehead atoms. The highest BCUT2D eigenvalue weighted by Gasteiger charge is 2.24. The summed E-state index contributed by atoms with van der Waals surface area (Å²) >= 11 is 0.807. The van der Waals surface area contributed by atoms with Crippen molar-refractivity contribution in [2.24, 2.45) is 0 Å². The van der Waals surface area contributed by atoms with Gasteiger partial charge in [0.15, 0.2) is 0 Å². The predicted molar refractivity (Wildman–Crippen MR) is 123 cm³/mol. The number of rotatable bonds is 6. The van der Waals surface area contributed by atoms with Gasteiger partial charge in [0, 0.05) is 11.6 Å². The molecule has 164 valence electrons. The van der Waals surface area contributed by atoms with E-state index in [1.165, 1.54) is 5.56 Å². The van der Waals surface area contributed by atoms with Gasteiger partial charge in [-0.15, -0.1) is 10.2 Å². The van der Waals surface area contributed by atoms with Gasteiger partial charge < -0.3 is 0 Å². The summed E-state index contributed by atoms with van der Waals surface area (Å²) in [6.45, 7) is 9.97. The number of benzene rings is 2. The van der Waals surface area contributed by atoms with Gasteiger partial charge in [0.25, 0.3) is 15.9 Å². The number of nitrogens with one attached hydrogen (secondary N) is 2. The maximum atomic E-state index is 12.7. The maximum absolute atomic E-state index is 12.7. The summed E-state index contributed by atoms with van der Waals surface area (Å²) in [7, 11) is -3.89. The lowest BCUT2D eigenvalue weighted by Crippen LogP contribution is -2.27. The van der Waals surface area contributed by atoms with Crippen molar-refractivity contribution >= 4 is 32.4 Å². The van der Waals surface area contributed by atoms with Crippen LogP contribution in [-0.2, 0) is 15.4 Å². The van der Waals surface area contributed by atoms with Crippen LogP contribution >= 0.6 is 11.3 Å². The van der Waals surface area contributed by atoms with Gasteiger partial charge >= 0.3 is 0 Å². The van der Waals surface area contributed by atoms with Crippen LogP contribution in [0.2, 0.25) is 0 Å². The third kappa shape index (κ3) is 5.55. The van der Waals surface area contributed by atoms with E-state index in [9.17, 15) is 13.2 Å². The molecule has 3 aromatic rings. The Labute approximate surface area is 187 Å². The van der Waals surface area contributed by atoms with Crippen LogP contribution < -0.4 is 10.0 Å². The SMILES string of the molecule is Cc1ccccc1C(=O)Nc1nnc(S(=O)(=O)N[C@H](C)c2ccc(C(C)(C)C)cc2)s1. The molecule has 0 aliphatic rings. The molecule has 0 radical (unpaired) electrons. The fourth-order valence-corrected chi connectivity index (χ4v) is 5.13. The zero-order chi connectivity index (χ0) is 22.8. The minimum Gasteiger partial charge on any atom is -0.296 e. The minimum absolute atomic E-state index is 0.0208. The number of hydrogen-bond donors (Lipinski definition) is 2. The average molecular weight is 459 g/mol. The first-order chi connectivity index (χ1) is 14.5. The molecule has 0 aliphatic carbocycles. The lowest BCUT2D eigenvalue weighted by molar-refractivity contribution is 0.102. The molecule has 9 heteroatoms. The number of nitrogens with zero attached hydrogens (tertiary/aromatic N) is 2. The van der Waals surface area contributed by atoms with Crippen molar-refractivity contribution in [2.45, 2.75) is 50.4 Å². The summed E-state index contributed by atoms with van der Waals surface area (Å²) in [5, 5.41) is 10.3. The van der Waals surface area contributed by atoms with E-state index < -0.39 is 16.1 Å². The van der Waals surface area contributed by atoms with Crippen molar-refractivity contribution in [3.05, 3.63) is 70.8 Å². The van der Waals surface area contributed by atoms with Gasteiger partial charge in [-0.25, -0.2) is 13.1 Å². The third-order valence-corrected chi connectivity index (χ3v) is 7.60. The largest absolute Gasteiger partial charge is 0.296 e. The topological polar surface area (TPSA) is 101 Å². The zero-order valence-electron chi connectivity index (χ0n) is 18.1. The van der Waals surface area contributed by atoms with E-state index in [0.717, 1.165) is 22.5 Å². The van der Waals surface area contributed by atoms with Gasteiger partial charge in [-0.05, 0) is 42.0 Å². The molecule has 0 aliphatic heterocycles. The van der Waals surface area contributed by atoms with Crippen molar-refractivity contribution in [3.8, 4) is 0 Å². The fourth-order valence-electron chi connectivity index (χ4n) is 2.98. The van der Waals surface area contributed by atoms with Gasteiger partial charge in [0.05, 0.1) is 0 Å². The maximum Gasteiger partial charge on any atom is 0.270 e. The second-order valence-corrected chi connectivity index (χ2v) is 11.2. The number of amides is 1. The quantitative estimate of drug-likeness (QED) is 0.532. The molecular formula is C22H26N4O3S2. The Balaban J connectivity index is 1.70. The first kappa shape index (κ1) is 23.1. The van der Waals surface area contributed by atoms with Crippen LogP contribution in [0.25, 0.3) is 0 Å². The molecule has 0 saturated heterocycles. The summed E-state index contributed by atoms with van der Waals surface area (Å²) in [5.74, 6) is -0.363. The second-order valence-electron chi connectivity index (χ2n) is 8.36. The normalized spacial score (nSPS) is 13.1. The van der Waals surface area contributed by atoms with Crippen LogP contribution in [0.5, 0.6) is 0 Å². The highest BCUT2D eigenvalue weighted by molar-refractivity contribution is 7.91. The second kappa shape index (κ2) is 8.86. The van der Waals surface area contributed by atoms with E-state index in [2.05, 4.69) is 41.0 Å². The summed E-state index contributed by atoms with van der Waals surface area (Å²) in [6.07, 6.45) is 0. The zero-order valence-corrected chi connectivity index (χ0v) is 19.8. The molecule has 1 atom stereocenters. The molecule has 7 nitrogen and oxygen atoms in total. The molecule has 2 N–H and O–H groups in total. The minimum atomic E-state index is -3.89. The molecule has 3 rings (SSSR count). The predicted octanol–water partition coefficient (Wildman–Crippen LogP) is 4.44. The molecule has 31 heavy (non-hydrogen) atoms. The number of carbonyl (C=O) groups excluding carboxylic acids is 1. The van der Waals surface area contributed by atoms with Gasteiger partial charge in [-0.2, -0.15) is 0 Å². The van der Waals surface area contributed by atoms with Crippen LogP contribution in [0.15, 0.2) is 52.9 Å². The Bertz CT molecular complexity index is 1180. The summed E-state index contributed by atoms with van der Waals surface area (Å²) < 4.78 is 27.9. The Hall–Kier alpha value is -2.62. The highest BCUT2D eigenvalue weighted by Crippen LogP contribution is 2.26. The molecular weight excluding hydrogens is 432 g/mol. The van der Waals surface area contributed by atoms with Crippen LogP contribution in [0, 0.1) is 6.92 Å². The van der Waals surface area contributed by atoms with Crippen LogP contribution in [0.4, 0.5) is 5.13 Å². The van der Waals surface area contributed by atoms with Gasteiger partial charge in [0.2, 0.25) is 9.47 Å². The Morgan fingerprint density at radius 3 is 2.29 bits per heavy atom. The molecule has 1 heterocycles. The number of aromatic nitrogens is 2. The highest BCUT2D eigenvalue weighted by atomic mass is 32.2. The van der Waals surface area contributed by atoms with E-state index in [0.29, 0.717) is 5.56 Å². The van der Waals surface area contributed by atoms with Crippen LogP contribution in [-0.4, -0.2) is 24.5 Å². The summed E-state index contributed by atoms with van der Waals surface area (Å²) in [4.78, 5) is 12.4. The Morgan fingerprint density at radius 2 is 1.68 bits per heavy atom. The summed E-state index contributed by atoms with van der Waals surface area (Å²) in [6, 6.07) is 14.5. The molecule has 0 fully saturated rings. The number of hydrogen-bond acceptors (Lipinski definition) is 6. The third-order valence-electron chi connectivity index (χ3n) is 4.86. The van der Waals surface area contributed by atoms with Crippen molar-refractivity contribution < 1.29 is 13.2 Å². The van der Waals surface area contributed by atoms with E-state index in [4.69, 9.17) is 0 Å². The van der Waals surface area contributed by atoms with Crippen LogP contribution in [0.3, 0.4) is 0 Å². The number of carbonyl (C=O) groups is 1. The Morgan fingerprint density at radius 1 is 1.03 bits per heavy atom. The summed E-state index contributed by atoms with van der Waals surface area (Å²) in [5.41, 5.74) is 3.34. The molecule has 0 unspecified atom stereocenters. The molecule has 0 spiro atoms. The number of anilines is 1. The standard InChI is InChI=1S/C22H26N4O3S2/c1-14-8-6-7-9-18(14)19(27)23-20-24-25-21(30-20)31(28,29)26-15(2)16-10-12-17(13-11-16)22(3,4)5/h6-13,15,26H,1-5H3,(H,23,24,27)/t15-/m1/s1. The van der Waals surface area contributed by atoms with E-state index >= 15 is 0 Å². The molecule has 0 saturated carbocycles. The van der Waals surface area contributed by atoms with Crippen LogP contribution in [0.1, 0.15) is 60.8 Å². The van der Waals surface area contributed by atoms with E-state index in [1.807, 2.05) is 43.3 Å². The average Bonchev–Trinajstić information content (AvgIpc) is 3.17. The van der Waals surface area contributed by atoms with E-state index in [1.54, 1.807) is 19.1 Å². The van der Waals surface area contributed by atoms with Crippen molar-refractivity contribution in [1.82, 2.24) is 14.9 Å². The van der Waals surface area contributed by atoms with Crippen molar-refractivity contribution in [1.29, 1.82) is 0 Å².